The summed E-state index contributed by atoms with van der Waals surface area (Å²) in [6.45, 7) is 1.33. The van der Waals surface area contributed by atoms with E-state index in [0.717, 1.165) is 25.2 Å². The lowest BCUT2D eigenvalue weighted by atomic mass is 9.98. The van der Waals surface area contributed by atoms with Crippen molar-refractivity contribution in [2.24, 2.45) is 0 Å². The maximum atomic E-state index is 12.4. The Morgan fingerprint density at radius 2 is 2.23 bits per heavy atom. The predicted molar refractivity (Wildman–Crippen MR) is 85.4 cm³/mol. The Kier molecular flexibility index (Phi) is 4.49. The van der Waals surface area contributed by atoms with Crippen molar-refractivity contribution >= 4 is 34.9 Å². The van der Waals surface area contributed by atoms with Crippen LogP contribution in [0, 0.1) is 0 Å². The second kappa shape index (κ2) is 6.54. The Balaban J connectivity index is 1.65. The quantitative estimate of drug-likeness (QED) is 0.878. The Morgan fingerprint density at radius 1 is 1.36 bits per heavy atom. The molecule has 0 spiro atoms. The number of piperidine rings is 1. The minimum Gasteiger partial charge on any atom is -0.324 e. The first-order valence-electron chi connectivity index (χ1n) is 6.99. The number of amides is 2. The molecule has 1 atom stereocenters. The van der Waals surface area contributed by atoms with Crippen LogP contribution in [0.3, 0.4) is 0 Å². The highest BCUT2D eigenvalue weighted by molar-refractivity contribution is 6.42. The summed E-state index contributed by atoms with van der Waals surface area (Å²) in [5.74, 6) is 1.02. The Morgan fingerprint density at radius 3 is 2.95 bits per heavy atom. The zero-order valence-electron chi connectivity index (χ0n) is 11.7. The molecule has 2 amide bonds. The zero-order chi connectivity index (χ0) is 15.5. The third-order valence-corrected chi connectivity index (χ3v) is 4.44. The number of carbonyl (C=O) groups is 1. The van der Waals surface area contributed by atoms with E-state index in [2.05, 4.69) is 20.5 Å². The standard InChI is InChI=1S/C14H15Cl2N5O/c15-11-4-3-10(6-12(11)16)19-14(22)21-5-1-2-9(7-21)13-17-8-18-20-13/h3-4,6,8-9H,1-2,5,7H2,(H,19,22)(H,17,18,20)/t9-/m0/s1. The van der Waals surface area contributed by atoms with E-state index in [1.54, 1.807) is 23.1 Å². The maximum absolute atomic E-state index is 12.4. The van der Waals surface area contributed by atoms with Gasteiger partial charge in [0.1, 0.15) is 12.2 Å². The van der Waals surface area contributed by atoms with Crippen LogP contribution in [0.15, 0.2) is 24.5 Å². The van der Waals surface area contributed by atoms with Crippen molar-refractivity contribution < 1.29 is 4.79 Å². The highest BCUT2D eigenvalue weighted by Crippen LogP contribution is 2.27. The highest BCUT2D eigenvalue weighted by atomic mass is 35.5. The fourth-order valence-electron chi connectivity index (χ4n) is 2.57. The van der Waals surface area contributed by atoms with Crippen LogP contribution >= 0.6 is 23.2 Å². The lowest BCUT2D eigenvalue weighted by molar-refractivity contribution is 0.191. The van der Waals surface area contributed by atoms with E-state index in [0.29, 0.717) is 22.3 Å². The topological polar surface area (TPSA) is 73.9 Å². The van der Waals surface area contributed by atoms with Crippen molar-refractivity contribution in [3.63, 3.8) is 0 Å². The van der Waals surface area contributed by atoms with E-state index in [1.165, 1.54) is 6.33 Å². The monoisotopic (exact) mass is 339 g/mol. The van der Waals surface area contributed by atoms with Gasteiger partial charge in [-0.1, -0.05) is 23.2 Å². The summed E-state index contributed by atoms with van der Waals surface area (Å²) in [4.78, 5) is 18.3. The number of halogens is 2. The molecule has 0 aliphatic carbocycles. The molecule has 1 aromatic carbocycles. The van der Waals surface area contributed by atoms with Gasteiger partial charge < -0.3 is 10.2 Å². The average Bonchev–Trinajstić information content (AvgIpc) is 3.05. The zero-order valence-corrected chi connectivity index (χ0v) is 13.2. The van der Waals surface area contributed by atoms with Crippen LogP contribution in [0.5, 0.6) is 0 Å². The summed E-state index contributed by atoms with van der Waals surface area (Å²) in [5.41, 5.74) is 0.626. The molecular formula is C14H15Cl2N5O. The van der Waals surface area contributed by atoms with Crippen molar-refractivity contribution in [1.29, 1.82) is 0 Å². The van der Waals surface area contributed by atoms with E-state index in [9.17, 15) is 4.79 Å². The summed E-state index contributed by atoms with van der Waals surface area (Å²) in [6.07, 6.45) is 3.41. The molecule has 3 rings (SSSR count). The number of nitrogens with zero attached hydrogens (tertiary/aromatic N) is 3. The van der Waals surface area contributed by atoms with E-state index < -0.39 is 0 Å². The molecule has 2 aromatic rings. The Labute approximate surface area is 137 Å². The van der Waals surface area contributed by atoms with Gasteiger partial charge in [0.2, 0.25) is 0 Å². The van der Waals surface area contributed by atoms with Gasteiger partial charge in [-0.15, -0.1) is 0 Å². The minimum absolute atomic E-state index is 0.150. The number of rotatable bonds is 2. The number of likely N-dealkylation sites (tertiary alicyclic amines) is 1. The molecule has 2 N–H and O–H groups in total. The van der Waals surface area contributed by atoms with Crippen molar-refractivity contribution in [3.8, 4) is 0 Å². The molecule has 0 bridgehead atoms. The van der Waals surface area contributed by atoms with Gasteiger partial charge in [-0.25, -0.2) is 9.78 Å². The third-order valence-electron chi connectivity index (χ3n) is 3.70. The molecule has 116 valence electrons. The summed E-state index contributed by atoms with van der Waals surface area (Å²) in [5, 5.41) is 10.5. The van der Waals surface area contributed by atoms with Crippen LogP contribution in [-0.4, -0.2) is 39.2 Å². The first kappa shape index (κ1) is 15.1. The third kappa shape index (κ3) is 3.34. The number of nitrogens with one attached hydrogen (secondary N) is 2. The molecule has 22 heavy (non-hydrogen) atoms. The SMILES string of the molecule is O=C(Nc1ccc(Cl)c(Cl)c1)N1CCC[C@H](c2ncn[nH]2)C1. The van der Waals surface area contributed by atoms with Gasteiger partial charge in [0, 0.05) is 24.7 Å². The summed E-state index contributed by atoms with van der Waals surface area (Å²) < 4.78 is 0. The highest BCUT2D eigenvalue weighted by Gasteiger charge is 2.26. The van der Waals surface area contributed by atoms with Gasteiger partial charge in [0.15, 0.2) is 0 Å². The summed E-state index contributed by atoms with van der Waals surface area (Å²) >= 11 is 11.8. The van der Waals surface area contributed by atoms with E-state index >= 15 is 0 Å². The number of hydrogen-bond donors (Lipinski definition) is 2. The number of aromatic nitrogens is 3. The van der Waals surface area contributed by atoms with Crippen molar-refractivity contribution in [3.05, 3.63) is 40.4 Å². The minimum atomic E-state index is -0.150. The molecule has 1 aliphatic heterocycles. The fraction of sp³-hybridized carbons (Fsp3) is 0.357. The fourth-order valence-corrected chi connectivity index (χ4v) is 2.87. The number of hydrogen-bond acceptors (Lipinski definition) is 3. The molecule has 6 nitrogen and oxygen atoms in total. The maximum Gasteiger partial charge on any atom is 0.321 e. The molecule has 0 saturated carbocycles. The second-order valence-corrected chi connectivity index (χ2v) is 6.03. The van der Waals surface area contributed by atoms with E-state index in [4.69, 9.17) is 23.2 Å². The number of urea groups is 1. The van der Waals surface area contributed by atoms with Crippen LogP contribution in [0.2, 0.25) is 10.0 Å². The predicted octanol–water partition coefficient (Wildman–Crippen LogP) is 3.52. The van der Waals surface area contributed by atoms with Crippen molar-refractivity contribution in [2.45, 2.75) is 18.8 Å². The number of aromatic amines is 1. The van der Waals surface area contributed by atoms with Gasteiger partial charge in [0.05, 0.1) is 10.0 Å². The van der Waals surface area contributed by atoms with Gasteiger partial charge in [-0.2, -0.15) is 5.10 Å². The lowest BCUT2D eigenvalue weighted by Crippen LogP contribution is -2.41. The molecule has 1 saturated heterocycles. The largest absolute Gasteiger partial charge is 0.324 e. The Hall–Kier alpha value is -1.79. The Bertz CT molecular complexity index is 661. The summed E-state index contributed by atoms with van der Waals surface area (Å²) in [6, 6.07) is 4.87. The number of benzene rings is 1. The molecule has 1 aromatic heterocycles. The first-order valence-corrected chi connectivity index (χ1v) is 7.75. The van der Waals surface area contributed by atoms with Gasteiger partial charge in [0.25, 0.3) is 0 Å². The smallest absolute Gasteiger partial charge is 0.321 e. The number of carbonyl (C=O) groups excluding carboxylic acids is 1. The molecular weight excluding hydrogens is 325 g/mol. The second-order valence-electron chi connectivity index (χ2n) is 5.21. The molecule has 0 unspecified atom stereocenters. The van der Waals surface area contributed by atoms with Gasteiger partial charge in [-0.3, -0.25) is 5.10 Å². The number of anilines is 1. The van der Waals surface area contributed by atoms with Gasteiger partial charge in [-0.05, 0) is 31.0 Å². The van der Waals surface area contributed by atoms with Crippen LogP contribution in [-0.2, 0) is 0 Å². The molecule has 0 radical (unpaired) electrons. The van der Waals surface area contributed by atoms with E-state index in [1.807, 2.05) is 0 Å². The summed E-state index contributed by atoms with van der Waals surface area (Å²) in [7, 11) is 0. The molecule has 2 heterocycles. The number of H-pyrrole nitrogens is 1. The van der Waals surface area contributed by atoms with E-state index in [-0.39, 0.29) is 11.9 Å². The average molecular weight is 340 g/mol. The molecule has 1 fully saturated rings. The molecule has 8 heteroatoms. The first-order chi connectivity index (χ1) is 10.6. The van der Waals surface area contributed by atoms with Crippen molar-refractivity contribution in [1.82, 2.24) is 20.1 Å². The van der Waals surface area contributed by atoms with Crippen LogP contribution in [0.1, 0.15) is 24.6 Å². The normalized spacial score (nSPS) is 18.3. The van der Waals surface area contributed by atoms with Gasteiger partial charge >= 0.3 is 6.03 Å². The van der Waals surface area contributed by atoms with Crippen LogP contribution in [0.25, 0.3) is 0 Å². The van der Waals surface area contributed by atoms with Crippen LogP contribution in [0.4, 0.5) is 10.5 Å². The van der Waals surface area contributed by atoms with Crippen LogP contribution < -0.4 is 5.32 Å². The molecule has 1 aliphatic rings. The van der Waals surface area contributed by atoms with Crippen molar-refractivity contribution in [2.75, 3.05) is 18.4 Å². The lowest BCUT2D eigenvalue weighted by Gasteiger charge is -2.31.